The van der Waals surface area contributed by atoms with Crippen LogP contribution in [0.15, 0.2) is 48.5 Å². The molecule has 0 fully saturated rings. The summed E-state index contributed by atoms with van der Waals surface area (Å²) in [4.78, 5) is 23.6. The van der Waals surface area contributed by atoms with E-state index in [1.54, 1.807) is 0 Å². The van der Waals surface area contributed by atoms with Gasteiger partial charge in [-0.1, -0.05) is 63.8 Å². The van der Waals surface area contributed by atoms with Gasteiger partial charge in [-0.25, -0.2) is 0 Å². The third-order valence-electron chi connectivity index (χ3n) is 5.96. The van der Waals surface area contributed by atoms with Gasteiger partial charge in [0.05, 0.1) is 0 Å². The van der Waals surface area contributed by atoms with Crippen molar-refractivity contribution in [3.63, 3.8) is 0 Å². The second-order valence-corrected chi connectivity index (χ2v) is 9.57. The van der Waals surface area contributed by atoms with Gasteiger partial charge < -0.3 is 9.78 Å². The predicted molar refractivity (Wildman–Crippen MR) is 131 cm³/mol. The van der Waals surface area contributed by atoms with E-state index < -0.39 is 11.2 Å². The molecule has 2 unspecified atom stereocenters. The quantitative estimate of drug-likeness (QED) is 0.205. The monoisotopic (exact) mass is 442 g/mol. The smallest absolute Gasteiger partial charge is 0.165 e. The molecule has 0 spiro atoms. The van der Waals surface area contributed by atoms with Gasteiger partial charge in [-0.15, -0.1) is 0 Å². The molecule has 178 valence electrons. The molecule has 0 N–H and O–H groups in total. The van der Waals surface area contributed by atoms with Gasteiger partial charge in [0.25, 0.3) is 0 Å². The Hall–Kier alpha value is -2.04. The van der Waals surface area contributed by atoms with E-state index in [0.29, 0.717) is 0 Å². The van der Waals surface area contributed by atoms with E-state index in [2.05, 4.69) is 27.7 Å². The molecule has 2 atom stereocenters. The van der Waals surface area contributed by atoms with Gasteiger partial charge in [0.1, 0.15) is 11.2 Å². The first-order valence-corrected chi connectivity index (χ1v) is 12.1. The van der Waals surface area contributed by atoms with Crippen molar-refractivity contribution in [2.75, 3.05) is 0 Å². The third-order valence-corrected chi connectivity index (χ3v) is 5.96. The number of hydrogen-bond donors (Lipinski definition) is 0. The van der Waals surface area contributed by atoms with Crippen LogP contribution in [0.25, 0.3) is 0 Å². The fourth-order valence-corrected chi connectivity index (χ4v) is 3.68. The second kappa shape index (κ2) is 12.9. The molecule has 4 nitrogen and oxygen atoms in total. The molecule has 0 saturated carbocycles. The highest BCUT2D eigenvalue weighted by atomic mass is 17.2. The van der Waals surface area contributed by atoms with Gasteiger partial charge in [0.15, 0.2) is 11.5 Å². The summed E-state index contributed by atoms with van der Waals surface area (Å²) in [5, 5.41) is 0. The number of unbranched alkanes of at least 4 members (excludes halogenated alkanes) is 2. The fourth-order valence-electron chi connectivity index (χ4n) is 3.68. The van der Waals surface area contributed by atoms with E-state index in [4.69, 9.17) is 19.6 Å². The number of rotatable bonds is 15. The van der Waals surface area contributed by atoms with Crippen LogP contribution in [0, 0.1) is 13.8 Å². The molecule has 0 radical (unpaired) electrons. The molecular formula is C28H42O4. The van der Waals surface area contributed by atoms with Gasteiger partial charge in [-0.3, -0.25) is 0 Å². The molecule has 0 heterocycles. The largest absolute Gasteiger partial charge is 0.337 e. The van der Waals surface area contributed by atoms with Crippen LogP contribution in [0.4, 0.5) is 0 Å². The van der Waals surface area contributed by atoms with Crippen molar-refractivity contribution in [1.82, 2.24) is 0 Å². The minimum atomic E-state index is -0.403. The van der Waals surface area contributed by atoms with Crippen molar-refractivity contribution in [2.45, 2.75) is 104 Å². The minimum absolute atomic E-state index is 0.403. The topological polar surface area (TPSA) is 36.9 Å². The van der Waals surface area contributed by atoms with Crippen molar-refractivity contribution in [1.29, 1.82) is 0 Å². The zero-order valence-corrected chi connectivity index (χ0v) is 20.9. The molecule has 32 heavy (non-hydrogen) atoms. The first-order valence-electron chi connectivity index (χ1n) is 12.1. The molecule has 2 aromatic carbocycles. The van der Waals surface area contributed by atoms with Crippen molar-refractivity contribution in [3.05, 3.63) is 59.7 Å². The maximum atomic E-state index is 6.05. The van der Waals surface area contributed by atoms with Crippen LogP contribution in [0.1, 0.15) is 90.2 Å². The molecule has 2 rings (SSSR count). The zero-order valence-electron chi connectivity index (χ0n) is 20.9. The maximum Gasteiger partial charge on any atom is 0.165 e. The average molecular weight is 443 g/mol. The lowest BCUT2D eigenvalue weighted by Crippen LogP contribution is -2.37. The lowest BCUT2D eigenvalue weighted by atomic mass is 9.86. The van der Waals surface area contributed by atoms with Crippen LogP contribution in [-0.2, 0) is 9.78 Å². The van der Waals surface area contributed by atoms with Crippen LogP contribution < -0.4 is 9.78 Å². The summed E-state index contributed by atoms with van der Waals surface area (Å²) in [6, 6.07) is 15.9. The first kappa shape index (κ1) is 26.2. The van der Waals surface area contributed by atoms with E-state index in [0.717, 1.165) is 74.0 Å². The number of benzene rings is 2. The Morgan fingerprint density at radius 1 is 0.625 bits per heavy atom. The second-order valence-electron chi connectivity index (χ2n) is 9.57. The minimum Gasteiger partial charge on any atom is -0.337 e. The van der Waals surface area contributed by atoms with Crippen LogP contribution >= 0.6 is 0 Å². The summed E-state index contributed by atoms with van der Waals surface area (Å²) in [7, 11) is 0. The lowest BCUT2D eigenvalue weighted by Gasteiger charge is -2.34. The van der Waals surface area contributed by atoms with Crippen molar-refractivity contribution >= 4 is 0 Å². The molecule has 0 bridgehead atoms. The Kier molecular flexibility index (Phi) is 10.5. The Balaban J connectivity index is 2.04. The van der Waals surface area contributed by atoms with Crippen molar-refractivity contribution in [3.8, 4) is 11.5 Å². The summed E-state index contributed by atoms with van der Waals surface area (Å²) in [5.41, 5.74) is 1.49. The van der Waals surface area contributed by atoms with Crippen LogP contribution in [-0.4, -0.2) is 11.2 Å². The highest BCUT2D eigenvalue weighted by Gasteiger charge is 2.34. The highest BCUT2D eigenvalue weighted by molar-refractivity contribution is 5.27. The van der Waals surface area contributed by atoms with Crippen LogP contribution in [0.2, 0.25) is 0 Å². The van der Waals surface area contributed by atoms with Gasteiger partial charge >= 0.3 is 0 Å². The molecular weight excluding hydrogens is 400 g/mol. The van der Waals surface area contributed by atoms with E-state index in [1.807, 2.05) is 62.4 Å². The predicted octanol–water partition coefficient (Wildman–Crippen LogP) is 8.30. The highest BCUT2D eigenvalue weighted by Crippen LogP contribution is 2.33. The normalized spacial score (nSPS) is 15.1. The Morgan fingerprint density at radius 2 is 1.03 bits per heavy atom. The molecule has 0 aromatic heterocycles. The van der Waals surface area contributed by atoms with Crippen LogP contribution in [0.3, 0.4) is 0 Å². The Labute approximate surface area is 195 Å². The molecule has 0 amide bonds. The van der Waals surface area contributed by atoms with E-state index in [9.17, 15) is 0 Å². The van der Waals surface area contributed by atoms with Crippen LogP contribution in [0.5, 0.6) is 11.5 Å². The van der Waals surface area contributed by atoms with E-state index in [-0.39, 0.29) is 0 Å². The third kappa shape index (κ3) is 9.22. The van der Waals surface area contributed by atoms with Crippen molar-refractivity contribution < 1.29 is 19.6 Å². The summed E-state index contributed by atoms with van der Waals surface area (Å²) in [6.07, 6.45) is 7.88. The number of aryl methyl sites for hydroxylation is 2. The Morgan fingerprint density at radius 3 is 1.38 bits per heavy atom. The van der Waals surface area contributed by atoms with Gasteiger partial charge in [-0.05, 0) is 88.8 Å². The molecule has 4 heteroatoms. The SMILES string of the molecule is CCCCC(C)(CCC(C)(CCCC)OOc1cccc(C)c1)OOc1cccc(C)c1. The lowest BCUT2D eigenvalue weighted by molar-refractivity contribution is -0.310. The summed E-state index contributed by atoms with van der Waals surface area (Å²) in [6.45, 7) is 12.8. The molecule has 2 aromatic rings. The summed E-state index contributed by atoms with van der Waals surface area (Å²) < 4.78 is 0. The van der Waals surface area contributed by atoms with E-state index >= 15 is 0 Å². The van der Waals surface area contributed by atoms with Crippen molar-refractivity contribution in [2.24, 2.45) is 0 Å². The standard InChI is InChI=1S/C28H42O4/c1-7-9-17-27(5,31-29-25-15-11-13-23(3)21-25)19-20-28(6,18-10-8-2)32-30-26-16-12-14-24(4)22-26/h11-16,21-22H,7-10,17-20H2,1-6H3. The number of hydrogen-bond acceptors (Lipinski definition) is 4. The fraction of sp³-hybridized carbons (Fsp3) is 0.571. The van der Waals surface area contributed by atoms with E-state index in [1.165, 1.54) is 0 Å². The molecule has 0 aliphatic heterocycles. The molecule has 0 aliphatic carbocycles. The van der Waals surface area contributed by atoms with Gasteiger partial charge in [0, 0.05) is 0 Å². The summed E-state index contributed by atoms with van der Waals surface area (Å²) >= 11 is 0. The van der Waals surface area contributed by atoms with Gasteiger partial charge in [0.2, 0.25) is 0 Å². The van der Waals surface area contributed by atoms with Gasteiger partial charge in [-0.2, -0.15) is 9.78 Å². The molecule has 0 aliphatic rings. The first-order chi connectivity index (χ1) is 15.3. The average Bonchev–Trinajstić information content (AvgIpc) is 2.78. The summed E-state index contributed by atoms with van der Waals surface area (Å²) in [5.74, 6) is 1.47. The zero-order chi connectivity index (χ0) is 23.5. The Bertz CT molecular complexity index is 738. The molecule has 0 saturated heterocycles. The maximum absolute atomic E-state index is 6.05.